The Morgan fingerprint density at radius 2 is 1.94 bits per heavy atom. The van der Waals surface area contributed by atoms with E-state index in [2.05, 4.69) is 4.72 Å². The largest absolute Gasteiger partial charge is 0.396 e. The van der Waals surface area contributed by atoms with Crippen LogP contribution in [-0.4, -0.2) is 43.6 Å². The molecule has 0 radical (unpaired) electrons. The molecule has 0 aromatic heterocycles. The van der Waals surface area contributed by atoms with Gasteiger partial charge in [0.15, 0.2) is 0 Å². The molecule has 1 fully saturated rings. The molecule has 0 saturated carbocycles. The van der Waals surface area contributed by atoms with Crippen LogP contribution in [0.1, 0.15) is 39.0 Å². The molecule has 0 aliphatic carbocycles. The maximum atomic E-state index is 11.9. The molecule has 1 rings (SSSR count). The summed E-state index contributed by atoms with van der Waals surface area (Å²) in [6.07, 6.45) is 4.32. The van der Waals surface area contributed by atoms with Crippen molar-refractivity contribution < 1.29 is 13.5 Å². The Morgan fingerprint density at radius 3 is 2.50 bits per heavy atom. The summed E-state index contributed by atoms with van der Waals surface area (Å²) in [4.78, 5) is 0. The van der Waals surface area contributed by atoms with E-state index in [9.17, 15) is 8.42 Å². The maximum Gasteiger partial charge on any atom is 0.279 e. The van der Waals surface area contributed by atoms with E-state index in [1.165, 1.54) is 4.31 Å². The summed E-state index contributed by atoms with van der Waals surface area (Å²) in [5.41, 5.74) is 0. The maximum absolute atomic E-state index is 11.9. The minimum Gasteiger partial charge on any atom is -0.396 e. The van der Waals surface area contributed by atoms with Gasteiger partial charge in [0.2, 0.25) is 0 Å². The van der Waals surface area contributed by atoms with Crippen LogP contribution in [0.15, 0.2) is 0 Å². The quantitative estimate of drug-likeness (QED) is 0.720. The van der Waals surface area contributed by atoms with Gasteiger partial charge in [-0.2, -0.15) is 17.4 Å². The van der Waals surface area contributed by atoms with Crippen molar-refractivity contribution in [1.82, 2.24) is 9.03 Å². The smallest absolute Gasteiger partial charge is 0.279 e. The summed E-state index contributed by atoms with van der Waals surface area (Å²) in [5.74, 6) is 0. The molecular weight excluding hydrogens is 228 g/mol. The highest BCUT2D eigenvalue weighted by Crippen LogP contribution is 2.12. The Morgan fingerprint density at radius 1 is 1.31 bits per heavy atom. The second-order valence-electron chi connectivity index (χ2n) is 4.35. The molecule has 0 unspecified atom stereocenters. The lowest BCUT2D eigenvalue weighted by Crippen LogP contribution is -2.46. The molecule has 1 heterocycles. The molecule has 0 aromatic rings. The predicted octanol–water partition coefficient (Wildman–Crippen LogP) is 0.468. The third kappa shape index (κ3) is 4.37. The van der Waals surface area contributed by atoms with Crippen LogP contribution in [0.25, 0.3) is 0 Å². The first-order chi connectivity index (χ1) is 7.56. The number of aliphatic hydroxyl groups is 1. The third-order valence-corrected chi connectivity index (χ3v) is 4.55. The van der Waals surface area contributed by atoms with Gasteiger partial charge in [0, 0.05) is 25.7 Å². The van der Waals surface area contributed by atoms with Crippen LogP contribution in [0.4, 0.5) is 0 Å². The van der Waals surface area contributed by atoms with Crippen molar-refractivity contribution in [1.29, 1.82) is 0 Å². The molecule has 0 bridgehead atoms. The van der Waals surface area contributed by atoms with Crippen molar-refractivity contribution in [3.8, 4) is 0 Å². The lowest BCUT2D eigenvalue weighted by molar-refractivity contribution is 0.278. The van der Waals surface area contributed by atoms with Crippen LogP contribution in [0.5, 0.6) is 0 Å². The number of hydrogen-bond donors (Lipinski definition) is 2. The van der Waals surface area contributed by atoms with Gasteiger partial charge in [-0.15, -0.1) is 0 Å². The topological polar surface area (TPSA) is 69.6 Å². The molecule has 1 atom stereocenters. The Hall–Kier alpha value is -0.170. The van der Waals surface area contributed by atoms with Crippen molar-refractivity contribution in [3.63, 3.8) is 0 Å². The van der Waals surface area contributed by atoms with Crippen LogP contribution >= 0.6 is 0 Å². The minimum atomic E-state index is -3.31. The molecular formula is C10H22N2O3S. The Bertz CT molecular complexity index is 286. The lowest BCUT2D eigenvalue weighted by atomic mass is 10.2. The molecule has 0 amide bonds. The standard InChI is InChI=1S/C10H22N2O3S/c1-10(6-5-9-13)11-16(14,15)12-7-3-2-4-8-12/h10-11,13H,2-9H2,1H3/t10-/m0/s1. The molecule has 1 saturated heterocycles. The number of hydrogen-bond acceptors (Lipinski definition) is 3. The molecule has 0 spiro atoms. The second-order valence-corrected chi connectivity index (χ2v) is 6.05. The highest BCUT2D eigenvalue weighted by molar-refractivity contribution is 7.87. The minimum absolute atomic E-state index is 0.107. The van der Waals surface area contributed by atoms with Crippen LogP contribution in [-0.2, 0) is 10.2 Å². The molecule has 6 heteroatoms. The number of piperidine rings is 1. The van der Waals surface area contributed by atoms with Gasteiger partial charge < -0.3 is 5.11 Å². The van der Waals surface area contributed by atoms with Gasteiger partial charge in [0.25, 0.3) is 10.2 Å². The highest BCUT2D eigenvalue weighted by atomic mass is 32.2. The zero-order chi connectivity index (χ0) is 12.0. The summed E-state index contributed by atoms with van der Waals surface area (Å²) in [7, 11) is -3.31. The van der Waals surface area contributed by atoms with Crippen molar-refractivity contribution in [2.24, 2.45) is 0 Å². The molecule has 96 valence electrons. The summed E-state index contributed by atoms with van der Waals surface area (Å²) in [6, 6.07) is -0.112. The van der Waals surface area contributed by atoms with E-state index in [0.717, 1.165) is 19.3 Å². The first-order valence-corrected chi connectivity index (χ1v) is 7.38. The molecule has 5 nitrogen and oxygen atoms in total. The van der Waals surface area contributed by atoms with E-state index in [1.807, 2.05) is 6.92 Å². The molecule has 1 aliphatic rings. The van der Waals surface area contributed by atoms with Gasteiger partial charge in [-0.3, -0.25) is 0 Å². The first kappa shape index (κ1) is 13.9. The van der Waals surface area contributed by atoms with E-state index in [-0.39, 0.29) is 12.6 Å². The molecule has 2 N–H and O–H groups in total. The zero-order valence-electron chi connectivity index (χ0n) is 9.85. The van der Waals surface area contributed by atoms with Crippen LogP contribution < -0.4 is 4.72 Å². The summed E-state index contributed by atoms with van der Waals surface area (Å²) < 4.78 is 28.0. The lowest BCUT2D eigenvalue weighted by Gasteiger charge is -2.27. The van der Waals surface area contributed by atoms with Gasteiger partial charge in [0.05, 0.1) is 0 Å². The first-order valence-electron chi connectivity index (χ1n) is 5.94. The fraction of sp³-hybridized carbons (Fsp3) is 1.00. The fourth-order valence-corrected chi connectivity index (χ4v) is 3.40. The average molecular weight is 250 g/mol. The van der Waals surface area contributed by atoms with Crippen molar-refractivity contribution in [3.05, 3.63) is 0 Å². The van der Waals surface area contributed by atoms with E-state index < -0.39 is 10.2 Å². The van der Waals surface area contributed by atoms with Crippen molar-refractivity contribution in [2.75, 3.05) is 19.7 Å². The van der Waals surface area contributed by atoms with Crippen LogP contribution in [0.2, 0.25) is 0 Å². The van der Waals surface area contributed by atoms with Crippen LogP contribution in [0, 0.1) is 0 Å². The number of nitrogens with one attached hydrogen (secondary N) is 1. The number of rotatable bonds is 6. The van der Waals surface area contributed by atoms with Gasteiger partial charge in [0.1, 0.15) is 0 Å². The average Bonchev–Trinajstić information content (AvgIpc) is 2.27. The molecule has 1 aliphatic heterocycles. The van der Waals surface area contributed by atoms with E-state index in [0.29, 0.717) is 25.9 Å². The van der Waals surface area contributed by atoms with Gasteiger partial charge in [-0.1, -0.05) is 6.42 Å². The van der Waals surface area contributed by atoms with Crippen molar-refractivity contribution in [2.45, 2.75) is 45.1 Å². The van der Waals surface area contributed by atoms with E-state index in [1.54, 1.807) is 0 Å². The van der Waals surface area contributed by atoms with E-state index >= 15 is 0 Å². The summed E-state index contributed by atoms with van der Waals surface area (Å²) >= 11 is 0. The zero-order valence-corrected chi connectivity index (χ0v) is 10.7. The fourth-order valence-electron chi connectivity index (χ4n) is 1.89. The Kier molecular flexibility index (Phi) is 5.68. The predicted molar refractivity (Wildman–Crippen MR) is 63.3 cm³/mol. The summed E-state index contributed by atoms with van der Waals surface area (Å²) in [6.45, 7) is 3.19. The second kappa shape index (κ2) is 6.54. The molecule has 16 heavy (non-hydrogen) atoms. The highest BCUT2D eigenvalue weighted by Gasteiger charge is 2.24. The van der Waals surface area contributed by atoms with Crippen molar-refractivity contribution >= 4 is 10.2 Å². The third-order valence-electron chi connectivity index (χ3n) is 2.80. The SMILES string of the molecule is C[C@@H](CCCO)NS(=O)(=O)N1CCCCC1. The molecule has 0 aromatic carbocycles. The summed E-state index contributed by atoms with van der Waals surface area (Å²) in [5, 5.41) is 8.67. The van der Waals surface area contributed by atoms with Crippen LogP contribution in [0.3, 0.4) is 0 Å². The monoisotopic (exact) mass is 250 g/mol. The van der Waals surface area contributed by atoms with Gasteiger partial charge in [-0.05, 0) is 32.6 Å². The normalized spacial score (nSPS) is 20.9. The van der Waals surface area contributed by atoms with E-state index in [4.69, 9.17) is 5.11 Å². The number of aliphatic hydroxyl groups excluding tert-OH is 1. The van der Waals surface area contributed by atoms with Gasteiger partial charge in [-0.25, -0.2) is 0 Å². The number of nitrogens with zero attached hydrogens (tertiary/aromatic N) is 1. The Balaban J connectivity index is 2.43. The van der Waals surface area contributed by atoms with Gasteiger partial charge >= 0.3 is 0 Å². The Labute approximate surface area is 98.0 Å².